The molecule has 21 heavy (non-hydrogen) atoms. The van der Waals surface area contributed by atoms with Gasteiger partial charge in [0, 0.05) is 25.1 Å². The highest BCUT2D eigenvalue weighted by Gasteiger charge is 2.39. The second-order valence-corrected chi connectivity index (χ2v) is 5.51. The molecule has 0 bridgehead atoms. The molecule has 0 N–H and O–H groups in total. The van der Waals surface area contributed by atoms with Gasteiger partial charge in [-0.3, -0.25) is 0 Å². The van der Waals surface area contributed by atoms with Gasteiger partial charge in [0.25, 0.3) is 6.71 Å². The van der Waals surface area contributed by atoms with Crippen LogP contribution < -0.4 is 4.90 Å². The lowest BCUT2D eigenvalue weighted by Gasteiger charge is -2.40. The van der Waals surface area contributed by atoms with Crippen molar-refractivity contribution < 1.29 is 4.92 Å². The average molecular weight is 288 g/mol. The number of nitro groups is 1. The molecule has 0 spiro atoms. The second kappa shape index (κ2) is 7.07. The van der Waals surface area contributed by atoms with Gasteiger partial charge in [0.05, 0.1) is 5.69 Å². The molecule has 0 radical (unpaired) electrons. The molecular weight excluding hydrogens is 267 g/mol. The van der Waals surface area contributed by atoms with Gasteiger partial charge in [-0.1, -0.05) is 27.7 Å². The van der Waals surface area contributed by atoms with E-state index in [-0.39, 0.29) is 17.8 Å². The highest BCUT2D eigenvalue weighted by molar-refractivity contribution is 6.70. The first kappa shape index (κ1) is 17.0. The molecule has 1 aliphatic heterocycles. The normalized spacial score (nSPS) is 16.5. The summed E-state index contributed by atoms with van der Waals surface area (Å²) in [6.07, 6.45) is 2.33. The van der Waals surface area contributed by atoms with Gasteiger partial charge in [-0.05, 0) is 27.6 Å². The third kappa shape index (κ3) is 3.94. The molecule has 2 heterocycles. The van der Waals surface area contributed by atoms with Gasteiger partial charge >= 0.3 is 5.82 Å². The molecule has 1 aromatic heterocycles. The van der Waals surface area contributed by atoms with E-state index in [4.69, 9.17) is 5.26 Å². The Balaban J connectivity index is 0.00000106. The summed E-state index contributed by atoms with van der Waals surface area (Å²) in [6, 6.07) is 3.13. The van der Waals surface area contributed by atoms with Crippen molar-refractivity contribution in [2.24, 2.45) is 0 Å². The molecule has 112 valence electrons. The number of pyridine rings is 1. The van der Waals surface area contributed by atoms with Crippen LogP contribution in [0, 0.1) is 21.3 Å². The number of anilines is 1. The third-order valence-electron chi connectivity index (χ3n) is 3.67. The van der Waals surface area contributed by atoms with Gasteiger partial charge in [0.15, 0.2) is 6.20 Å². The van der Waals surface area contributed by atoms with Crippen molar-refractivity contribution in [2.75, 3.05) is 18.0 Å². The Hall–Kier alpha value is -2.10. The first-order valence-corrected chi connectivity index (χ1v) is 7.19. The molecule has 0 atom stereocenters. The van der Waals surface area contributed by atoms with E-state index in [1.54, 1.807) is 6.07 Å². The number of hydrogen-bond acceptors (Lipinski definition) is 5. The second-order valence-electron chi connectivity index (χ2n) is 5.51. The van der Waals surface area contributed by atoms with Gasteiger partial charge < -0.3 is 15.0 Å². The molecule has 0 saturated carbocycles. The Labute approximate surface area is 126 Å². The molecule has 0 aliphatic carbocycles. The Morgan fingerprint density at radius 2 is 2.14 bits per heavy atom. The summed E-state index contributed by atoms with van der Waals surface area (Å²) >= 11 is 0. The van der Waals surface area contributed by atoms with Crippen LogP contribution in [0.5, 0.6) is 0 Å². The number of hydrogen-bond donors (Lipinski definition) is 0. The fraction of sp³-hybridized carbons (Fsp3) is 0.571. The lowest BCUT2D eigenvalue weighted by molar-refractivity contribution is -0.389. The van der Waals surface area contributed by atoms with Crippen LogP contribution in [-0.4, -0.2) is 29.7 Å². The van der Waals surface area contributed by atoms with Gasteiger partial charge in [0.2, 0.25) is 0 Å². The zero-order valence-electron chi connectivity index (χ0n) is 13.0. The molecule has 1 aromatic rings. The van der Waals surface area contributed by atoms with E-state index < -0.39 is 4.92 Å². The van der Waals surface area contributed by atoms with Crippen LogP contribution in [0.2, 0.25) is 11.6 Å². The maximum absolute atomic E-state index is 10.6. The van der Waals surface area contributed by atoms with Crippen LogP contribution in [0.1, 0.15) is 27.7 Å². The van der Waals surface area contributed by atoms with Crippen molar-refractivity contribution in [3.8, 4) is 5.97 Å². The third-order valence-corrected chi connectivity index (χ3v) is 3.67. The first-order chi connectivity index (χ1) is 9.94. The molecule has 2 rings (SSSR count). The SMILES string of the molecule is CC.CC1(C)CN(c2ccc([N+](=O)[O-])nc2)CCB1C#N. The van der Waals surface area contributed by atoms with Crippen molar-refractivity contribution in [1.82, 2.24) is 4.98 Å². The number of aromatic nitrogens is 1. The highest BCUT2D eigenvalue weighted by Crippen LogP contribution is 2.37. The molecule has 0 aromatic carbocycles. The predicted molar refractivity (Wildman–Crippen MR) is 84.7 cm³/mol. The summed E-state index contributed by atoms with van der Waals surface area (Å²) in [5.41, 5.74) is 0.870. The smallest absolute Gasteiger partial charge is 0.363 e. The van der Waals surface area contributed by atoms with Gasteiger partial charge in [-0.25, -0.2) is 5.26 Å². The molecule has 1 fully saturated rings. The van der Waals surface area contributed by atoms with E-state index in [9.17, 15) is 10.1 Å². The van der Waals surface area contributed by atoms with Crippen molar-refractivity contribution in [3.63, 3.8) is 0 Å². The molecule has 1 aliphatic rings. The molecule has 0 amide bonds. The maximum Gasteiger partial charge on any atom is 0.363 e. The standard InChI is InChI=1S/C12H15BN4O2.C2H6/c1-12(2)8-16(6-5-13(12)9-14)10-3-4-11(15-7-10)17(18)19;1-2/h3-4,7H,5-6,8H2,1-2H3;1-2H3. The van der Waals surface area contributed by atoms with E-state index in [2.05, 4.69) is 29.7 Å². The Bertz CT molecular complexity index is 525. The maximum atomic E-state index is 10.6. The monoisotopic (exact) mass is 288 g/mol. The average Bonchev–Trinajstić information content (AvgIpc) is 2.48. The van der Waals surface area contributed by atoms with Gasteiger partial charge in [-0.2, -0.15) is 0 Å². The van der Waals surface area contributed by atoms with Crippen LogP contribution in [-0.2, 0) is 0 Å². The van der Waals surface area contributed by atoms with Crippen LogP contribution in [0.4, 0.5) is 11.5 Å². The predicted octanol–water partition coefficient (Wildman–Crippen LogP) is 3.17. The van der Waals surface area contributed by atoms with Crippen molar-refractivity contribution in [3.05, 3.63) is 28.4 Å². The van der Waals surface area contributed by atoms with E-state index in [0.717, 1.165) is 25.1 Å². The van der Waals surface area contributed by atoms with Crippen LogP contribution in [0.25, 0.3) is 0 Å². The quantitative estimate of drug-likeness (QED) is 0.474. The van der Waals surface area contributed by atoms with E-state index in [1.807, 2.05) is 13.8 Å². The Kier molecular flexibility index (Phi) is 5.71. The van der Waals surface area contributed by atoms with Gasteiger partial charge in [-0.15, -0.1) is 0 Å². The van der Waals surface area contributed by atoms with Crippen LogP contribution in [0.15, 0.2) is 18.3 Å². The molecule has 1 saturated heterocycles. The summed E-state index contributed by atoms with van der Waals surface area (Å²) < 4.78 is 0. The molecule has 0 unspecified atom stereocenters. The van der Waals surface area contributed by atoms with E-state index >= 15 is 0 Å². The largest absolute Gasteiger partial charge is 0.369 e. The zero-order chi connectivity index (χ0) is 16.0. The minimum atomic E-state index is -0.504. The summed E-state index contributed by atoms with van der Waals surface area (Å²) in [6.45, 7) is 9.73. The minimum Gasteiger partial charge on any atom is -0.369 e. The molecule has 7 heteroatoms. The van der Waals surface area contributed by atoms with Crippen LogP contribution in [0.3, 0.4) is 0 Å². The van der Waals surface area contributed by atoms with E-state index in [0.29, 0.717) is 0 Å². The topological polar surface area (TPSA) is 83.1 Å². The van der Waals surface area contributed by atoms with Gasteiger partial charge in [0.1, 0.15) is 0 Å². The fourth-order valence-electron chi connectivity index (χ4n) is 2.49. The summed E-state index contributed by atoms with van der Waals surface area (Å²) in [7, 11) is 0. The van der Waals surface area contributed by atoms with Crippen LogP contribution >= 0.6 is 0 Å². The van der Waals surface area contributed by atoms with E-state index in [1.165, 1.54) is 12.3 Å². The van der Waals surface area contributed by atoms with Crippen molar-refractivity contribution in [1.29, 1.82) is 5.26 Å². The summed E-state index contributed by atoms with van der Waals surface area (Å²) in [5.74, 6) is 2.22. The minimum absolute atomic E-state index is 0.0507. The van der Waals surface area contributed by atoms with Crippen molar-refractivity contribution in [2.45, 2.75) is 39.3 Å². The number of nitriles is 1. The molecular formula is C14H21BN4O2. The fourth-order valence-corrected chi connectivity index (χ4v) is 2.49. The summed E-state index contributed by atoms with van der Waals surface area (Å²) in [4.78, 5) is 16.0. The van der Waals surface area contributed by atoms with Crippen molar-refractivity contribution >= 4 is 18.2 Å². The highest BCUT2D eigenvalue weighted by atomic mass is 16.6. The number of nitrogens with zero attached hydrogens (tertiary/aromatic N) is 4. The lowest BCUT2D eigenvalue weighted by Crippen LogP contribution is -2.46. The zero-order valence-corrected chi connectivity index (χ0v) is 13.0. The Morgan fingerprint density at radius 1 is 1.48 bits per heavy atom. The molecule has 6 nitrogen and oxygen atoms in total. The number of rotatable bonds is 2. The summed E-state index contributed by atoms with van der Waals surface area (Å²) in [5, 5.41) is 19.6. The lowest BCUT2D eigenvalue weighted by atomic mass is 9.32. The Morgan fingerprint density at radius 3 is 2.57 bits per heavy atom. The first-order valence-electron chi connectivity index (χ1n) is 7.19.